The van der Waals surface area contributed by atoms with Crippen LogP contribution in [0.3, 0.4) is 0 Å². The normalized spacial score (nSPS) is 25.8. The van der Waals surface area contributed by atoms with Crippen molar-refractivity contribution in [3.05, 3.63) is 12.7 Å². The molecule has 2 saturated heterocycles. The van der Waals surface area contributed by atoms with E-state index in [1.54, 1.807) is 6.08 Å². The van der Waals surface area contributed by atoms with Gasteiger partial charge < -0.3 is 13.8 Å². The number of carbonyl (C=O) groups excluding carboxylic acids is 1. The molecule has 2 heterocycles. The molecule has 0 aromatic carbocycles. The monoisotopic (exact) mass is 456 g/mol. The Morgan fingerprint density at radius 2 is 1.63 bits per heavy atom. The molecular formula is C22H44N2O4Si2. The largest absolute Gasteiger partial charge is 0.415 e. The van der Waals surface area contributed by atoms with E-state index in [2.05, 4.69) is 74.3 Å². The summed E-state index contributed by atoms with van der Waals surface area (Å²) in [6, 6.07) is -0.155. The van der Waals surface area contributed by atoms with Gasteiger partial charge in [-0.15, -0.1) is 6.58 Å². The number of hydrogen-bond donors (Lipinski definition) is 0. The molecule has 0 aromatic heterocycles. The Balaban J connectivity index is 2.25. The number of hydrogen-bond acceptors (Lipinski definition) is 4. The maximum absolute atomic E-state index is 13.1. The Morgan fingerprint density at radius 3 is 2.13 bits per heavy atom. The van der Waals surface area contributed by atoms with Crippen LogP contribution < -0.4 is 0 Å². The van der Waals surface area contributed by atoms with E-state index in [9.17, 15) is 4.79 Å². The molecule has 2 amide bonds. The number of fused-ring (bicyclic) bond motifs is 2. The third kappa shape index (κ3) is 5.20. The van der Waals surface area contributed by atoms with E-state index in [4.69, 9.17) is 13.7 Å². The summed E-state index contributed by atoms with van der Waals surface area (Å²) in [5, 5.41) is 1.77. The van der Waals surface area contributed by atoms with Gasteiger partial charge >= 0.3 is 6.03 Å². The van der Waals surface area contributed by atoms with E-state index < -0.39 is 16.6 Å². The average molecular weight is 457 g/mol. The van der Waals surface area contributed by atoms with Gasteiger partial charge in [-0.2, -0.15) is 5.06 Å². The van der Waals surface area contributed by atoms with Gasteiger partial charge in [0.15, 0.2) is 16.6 Å². The lowest BCUT2D eigenvalue weighted by Crippen LogP contribution is -2.56. The molecule has 2 aliphatic heterocycles. The Kier molecular flexibility index (Phi) is 7.41. The molecule has 174 valence electrons. The summed E-state index contributed by atoms with van der Waals surface area (Å²) < 4.78 is 13.3. The second kappa shape index (κ2) is 8.69. The van der Waals surface area contributed by atoms with Crippen LogP contribution in [0.4, 0.5) is 4.79 Å². The van der Waals surface area contributed by atoms with Crippen LogP contribution in [0.15, 0.2) is 12.7 Å². The van der Waals surface area contributed by atoms with Crippen LogP contribution in [0.25, 0.3) is 0 Å². The quantitative estimate of drug-likeness (QED) is 0.363. The molecule has 3 atom stereocenters. The number of piperidine rings is 1. The van der Waals surface area contributed by atoms with Crippen LogP contribution in [0.5, 0.6) is 0 Å². The van der Waals surface area contributed by atoms with E-state index in [-0.39, 0.29) is 34.3 Å². The van der Waals surface area contributed by atoms with Crippen molar-refractivity contribution in [1.82, 2.24) is 9.96 Å². The highest BCUT2D eigenvalue weighted by Crippen LogP contribution is 2.42. The number of rotatable bonds is 8. The highest BCUT2D eigenvalue weighted by atomic mass is 28.4. The molecule has 2 fully saturated rings. The number of nitrogens with zero attached hydrogens (tertiary/aromatic N) is 2. The van der Waals surface area contributed by atoms with Crippen molar-refractivity contribution >= 4 is 22.7 Å². The molecule has 6 nitrogen and oxygen atoms in total. The zero-order chi connectivity index (χ0) is 23.1. The summed E-state index contributed by atoms with van der Waals surface area (Å²) in [6.45, 7) is 27.7. The minimum atomic E-state index is -2.00. The van der Waals surface area contributed by atoms with E-state index in [0.717, 1.165) is 6.42 Å². The molecule has 0 radical (unpaired) electrons. The maximum Gasteiger partial charge on any atom is 0.344 e. The van der Waals surface area contributed by atoms with Crippen molar-refractivity contribution in [3.8, 4) is 0 Å². The molecular weight excluding hydrogens is 412 g/mol. The molecule has 2 bridgehead atoms. The Labute approximate surface area is 186 Å². The predicted octanol–water partition coefficient (Wildman–Crippen LogP) is 5.39. The van der Waals surface area contributed by atoms with Crippen molar-refractivity contribution in [2.24, 2.45) is 0 Å². The minimum Gasteiger partial charge on any atom is -0.415 e. The zero-order valence-electron chi connectivity index (χ0n) is 20.9. The molecule has 0 aliphatic carbocycles. The zero-order valence-corrected chi connectivity index (χ0v) is 22.9. The first-order valence-electron chi connectivity index (χ1n) is 11.2. The fourth-order valence-corrected chi connectivity index (χ4v) is 5.80. The first kappa shape index (κ1) is 25.6. The van der Waals surface area contributed by atoms with Gasteiger partial charge in [0.05, 0.1) is 25.4 Å². The summed E-state index contributed by atoms with van der Waals surface area (Å²) in [5.41, 5.74) is 0. The fraction of sp³-hybridized carbons (Fsp3) is 0.864. The van der Waals surface area contributed by atoms with Gasteiger partial charge in [-0.25, -0.2) is 4.79 Å². The van der Waals surface area contributed by atoms with Crippen molar-refractivity contribution in [2.45, 2.75) is 102 Å². The second-order valence-electron chi connectivity index (χ2n) is 11.8. The smallest absolute Gasteiger partial charge is 0.344 e. The second-order valence-corrected chi connectivity index (χ2v) is 21.4. The van der Waals surface area contributed by atoms with Gasteiger partial charge in [0.2, 0.25) is 0 Å². The van der Waals surface area contributed by atoms with Gasteiger partial charge in [-0.05, 0) is 42.7 Å². The predicted molar refractivity (Wildman–Crippen MR) is 128 cm³/mol. The lowest BCUT2D eigenvalue weighted by Gasteiger charge is -2.45. The first-order valence-corrected chi connectivity index (χ1v) is 17.0. The highest BCUT2D eigenvalue weighted by molar-refractivity contribution is 6.74. The van der Waals surface area contributed by atoms with Crippen molar-refractivity contribution in [1.29, 1.82) is 0 Å². The lowest BCUT2D eigenvalue weighted by atomic mass is 9.98. The van der Waals surface area contributed by atoms with E-state index in [0.29, 0.717) is 19.8 Å². The van der Waals surface area contributed by atoms with Gasteiger partial charge in [0.1, 0.15) is 6.04 Å². The summed E-state index contributed by atoms with van der Waals surface area (Å²) in [7, 11) is -3.90. The van der Waals surface area contributed by atoms with Gasteiger partial charge in [0, 0.05) is 6.54 Å². The Hall–Kier alpha value is -0.676. The van der Waals surface area contributed by atoms with Gasteiger partial charge in [0.25, 0.3) is 0 Å². The van der Waals surface area contributed by atoms with Gasteiger partial charge in [-0.3, -0.25) is 4.84 Å². The summed E-state index contributed by atoms with van der Waals surface area (Å²) in [4.78, 5) is 20.8. The lowest BCUT2D eigenvalue weighted by molar-refractivity contribution is -0.138. The van der Waals surface area contributed by atoms with Crippen molar-refractivity contribution in [3.63, 3.8) is 0 Å². The molecule has 0 saturated carbocycles. The van der Waals surface area contributed by atoms with E-state index in [1.807, 2.05) is 4.90 Å². The third-order valence-corrected chi connectivity index (χ3v) is 16.5. The number of carbonyl (C=O) groups is 1. The van der Waals surface area contributed by atoms with E-state index >= 15 is 0 Å². The molecule has 0 N–H and O–H groups in total. The standard InChI is InChI=1S/C22H44N2O4Si2/c1-12-13-26-24-18-15-23(20(24)25)17(16-27-29(8,9)21(2,3)4)14-19(18)28-30(10,11)22(5,6)7/h12,17-19H,1,13-16H2,2-11H3/t17-,18-,19?/m0/s1. The first-order chi connectivity index (χ1) is 13.5. The summed E-state index contributed by atoms with van der Waals surface area (Å²) in [6.07, 6.45) is 2.41. The topological polar surface area (TPSA) is 51.2 Å². The van der Waals surface area contributed by atoms with Crippen molar-refractivity contribution < 1.29 is 18.5 Å². The fourth-order valence-electron chi connectivity index (χ4n) is 3.39. The van der Waals surface area contributed by atoms with Crippen LogP contribution in [-0.2, 0) is 13.7 Å². The minimum absolute atomic E-state index is 0.00924. The van der Waals surface area contributed by atoms with Crippen LogP contribution in [0.1, 0.15) is 48.0 Å². The average Bonchev–Trinajstić information content (AvgIpc) is 2.85. The van der Waals surface area contributed by atoms with Crippen LogP contribution in [0.2, 0.25) is 36.3 Å². The summed E-state index contributed by atoms with van der Waals surface area (Å²) >= 11 is 0. The maximum atomic E-state index is 13.1. The summed E-state index contributed by atoms with van der Waals surface area (Å²) in [5.74, 6) is 0. The molecule has 0 aromatic rings. The molecule has 2 aliphatic rings. The van der Waals surface area contributed by atoms with Gasteiger partial charge in [-0.1, -0.05) is 47.6 Å². The molecule has 30 heavy (non-hydrogen) atoms. The molecule has 0 spiro atoms. The third-order valence-electron chi connectivity index (χ3n) is 7.52. The SMILES string of the molecule is C=CCON1C(=O)N2C[C@H]1C(O[Si](C)(C)C(C)(C)C)C[C@H]2CO[Si](C)(C)C(C)(C)C. The van der Waals surface area contributed by atoms with Crippen LogP contribution in [0, 0.1) is 0 Å². The Morgan fingerprint density at radius 1 is 1.07 bits per heavy atom. The van der Waals surface area contributed by atoms with Crippen molar-refractivity contribution in [2.75, 3.05) is 19.8 Å². The number of urea groups is 1. The van der Waals surface area contributed by atoms with Crippen LogP contribution in [-0.4, -0.2) is 70.6 Å². The highest BCUT2D eigenvalue weighted by Gasteiger charge is 2.53. The van der Waals surface area contributed by atoms with Crippen LogP contribution >= 0.6 is 0 Å². The van der Waals surface area contributed by atoms with E-state index in [1.165, 1.54) is 5.06 Å². The Bertz CT molecular complexity index is 640. The molecule has 1 unspecified atom stereocenters. The molecule has 8 heteroatoms. The molecule has 2 rings (SSSR count). The number of hydroxylamine groups is 2. The number of amides is 2.